The number of sulfone groups is 1. The van der Waals surface area contributed by atoms with Gasteiger partial charge in [0.1, 0.15) is 10.7 Å². The van der Waals surface area contributed by atoms with Crippen molar-refractivity contribution in [3.8, 4) is 0 Å². The van der Waals surface area contributed by atoms with E-state index in [0.29, 0.717) is 5.56 Å². The van der Waals surface area contributed by atoms with Crippen LogP contribution in [0.25, 0.3) is 0 Å². The number of hydrogen-bond donors (Lipinski definition) is 1. The van der Waals surface area contributed by atoms with Gasteiger partial charge in [0, 0.05) is 0 Å². The zero-order chi connectivity index (χ0) is 12.6. The van der Waals surface area contributed by atoms with Crippen LogP contribution in [-0.4, -0.2) is 20.3 Å². The van der Waals surface area contributed by atoms with Crippen LogP contribution in [-0.2, 0) is 9.84 Å². The standard InChI is InChI=1S/C11H16FNO2S/c1-8-7-9(12)5-6-10(8)16(14,15)11(2,3)13-4/h5-7,13H,1-4H3. The smallest absolute Gasteiger partial charge is 0.196 e. The Morgan fingerprint density at radius 3 is 2.31 bits per heavy atom. The summed E-state index contributed by atoms with van der Waals surface area (Å²) in [4.78, 5) is -0.913. The van der Waals surface area contributed by atoms with Crippen LogP contribution >= 0.6 is 0 Å². The van der Waals surface area contributed by atoms with Gasteiger partial charge < -0.3 is 5.32 Å². The molecule has 0 aromatic heterocycles. The average molecular weight is 245 g/mol. The van der Waals surface area contributed by atoms with Crippen molar-refractivity contribution in [1.29, 1.82) is 0 Å². The normalized spacial score (nSPS) is 12.8. The van der Waals surface area contributed by atoms with Gasteiger partial charge in [0.15, 0.2) is 9.84 Å². The highest BCUT2D eigenvalue weighted by Gasteiger charge is 2.35. The molecule has 1 rings (SSSR count). The lowest BCUT2D eigenvalue weighted by molar-refractivity contribution is 0.509. The summed E-state index contributed by atoms with van der Waals surface area (Å²) in [5.74, 6) is -0.432. The number of rotatable bonds is 3. The molecule has 5 heteroatoms. The summed E-state index contributed by atoms with van der Waals surface area (Å²) < 4.78 is 37.4. The molecule has 0 amide bonds. The molecule has 0 bridgehead atoms. The van der Waals surface area contributed by atoms with E-state index in [1.54, 1.807) is 27.8 Å². The van der Waals surface area contributed by atoms with Crippen LogP contribution in [0.2, 0.25) is 0 Å². The van der Waals surface area contributed by atoms with Gasteiger partial charge in [0.2, 0.25) is 0 Å². The lowest BCUT2D eigenvalue weighted by Crippen LogP contribution is -2.44. The quantitative estimate of drug-likeness (QED) is 0.827. The summed E-state index contributed by atoms with van der Waals surface area (Å²) in [6.45, 7) is 4.73. The molecular weight excluding hydrogens is 229 g/mol. The molecule has 0 atom stereocenters. The average Bonchev–Trinajstić information content (AvgIpc) is 2.16. The van der Waals surface area contributed by atoms with E-state index >= 15 is 0 Å². The highest BCUT2D eigenvalue weighted by molar-refractivity contribution is 7.92. The monoisotopic (exact) mass is 245 g/mol. The first kappa shape index (κ1) is 13.1. The maximum atomic E-state index is 12.9. The summed E-state index contributed by atoms with van der Waals surface area (Å²) in [7, 11) is -1.93. The molecule has 3 nitrogen and oxygen atoms in total. The highest BCUT2D eigenvalue weighted by atomic mass is 32.2. The van der Waals surface area contributed by atoms with Crippen molar-refractivity contribution < 1.29 is 12.8 Å². The predicted molar refractivity (Wildman–Crippen MR) is 61.5 cm³/mol. The topological polar surface area (TPSA) is 46.2 Å². The van der Waals surface area contributed by atoms with Crippen molar-refractivity contribution in [2.75, 3.05) is 7.05 Å². The first-order valence-corrected chi connectivity index (χ1v) is 6.40. The minimum Gasteiger partial charge on any atom is -0.302 e. The molecule has 0 aliphatic heterocycles. The van der Waals surface area contributed by atoms with Crippen molar-refractivity contribution >= 4 is 9.84 Å². The SMILES string of the molecule is CNC(C)(C)S(=O)(=O)c1ccc(F)cc1C. The first-order valence-electron chi connectivity index (χ1n) is 4.92. The number of benzene rings is 1. The summed E-state index contributed by atoms with van der Waals surface area (Å²) in [6.07, 6.45) is 0. The zero-order valence-corrected chi connectivity index (χ0v) is 10.7. The molecule has 0 heterocycles. The Bertz CT molecular complexity index is 495. The number of hydrogen-bond acceptors (Lipinski definition) is 3. The molecule has 1 aromatic rings. The number of aryl methyl sites for hydroxylation is 1. The lowest BCUT2D eigenvalue weighted by Gasteiger charge is -2.25. The Kier molecular flexibility index (Phi) is 3.40. The predicted octanol–water partition coefficient (Wildman–Crippen LogP) is 1.86. The van der Waals surface area contributed by atoms with Gasteiger partial charge in [-0.3, -0.25) is 0 Å². The summed E-state index contributed by atoms with van der Waals surface area (Å²) >= 11 is 0. The molecule has 0 saturated carbocycles. The zero-order valence-electron chi connectivity index (χ0n) is 9.83. The van der Waals surface area contributed by atoms with Gasteiger partial charge in [0.05, 0.1) is 4.90 Å². The van der Waals surface area contributed by atoms with E-state index in [0.717, 1.165) is 6.07 Å². The Labute approximate surface area is 95.6 Å². The second-order valence-corrected chi connectivity index (χ2v) is 6.64. The fourth-order valence-electron chi connectivity index (χ4n) is 1.32. The van der Waals surface area contributed by atoms with E-state index in [1.807, 2.05) is 0 Å². The summed E-state index contributed by atoms with van der Waals surface area (Å²) in [6, 6.07) is 3.68. The molecule has 1 N–H and O–H groups in total. The van der Waals surface area contributed by atoms with Crippen LogP contribution < -0.4 is 5.32 Å². The van der Waals surface area contributed by atoms with E-state index in [4.69, 9.17) is 0 Å². The largest absolute Gasteiger partial charge is 0.302 e. The Hall–Kier alpha value is -0.940. The van der Waals surface area contributed by atoms with E-state index in [9.17, 15) is 12.8 Å². The van der Waals surface area contributed by atoms with Crippen molar-refractivity contribution in [3.63, 3.8) is 0 Å². The lowest BCUT2D eigenvalue weighted by atomic mass is 10.2. The Morgan fingerprint density at radius 2 is 1.88 bits per heavy atom. The molecule has 0 aliphatic rings. The molecule has 0 spiro atoms. The van der Waals surface area contributed by atoms with Gasteiger partial charge >= 0.3 is 0 Å². The van der Waals surface area contributed by atoms with Crippen molar-refractivity contribution in [3.05, 3.63) is 29.6 Å². The molecule has 16 heavy (non-hydrogen) atoms. The van der Waals surface area contributed by atoms with Crippen LogP contribution in [0.3, 0.4) is 0 Å². The Morgan fingerprint density at radius 1 is 1.31 bits per heavy atom. The maximum Gasteiger partial charge on any atom is 0.196 e. The summed E-state index contributed by atoms with van der Waals surface area (Å²) in [5.41, 5.74) is 0.420. The second kappa shape index (κ2) is 4.14. The molecular formula is C11H16FNO2S. The second-order valence-electron chi connectivity index (χ2n) is 4.17. The minimum atomic E-state index is -3.51. The van der Waals surface area contributed by atoms with Crippen molar-refractivity contribution in [1.82, 2.24) is 5.32 Å². The third-order valence-electron chi connectivity index (χ3n) is 2.70. The van der Waals surface area contributed by atoms with Gasteiger partial charge in [-0.15, -0.1) is 0 Å². The molecule has 1 aromatic carbocycles. The van der Waals surface area contributed by atoms with Crippen LogP contribution in [0.4, 0.5) is 4.39 Å². The minimum absolute atomic E-state index is 0.160. The highest BCUT2D eigenvalue weighted by Crippen LogP contribution is 2.25. The van der Waals surface area contributed by atoms with E-state index < -0.39 is 20.5 Å². The Balaban J connectivity index is 3.40. The van der Waals surface area contributed by atoms with Gasteiger partial charge in [-0.25, -0.2) is 12.8 Å². The van der Waals surface area contributed by atoms with Crippen molar-refractivity contribution in [2.24, 2.45) is 0 Å². The van der Waals surface area contributed by atoms with Crippen LogP contribution in [0.15, 0.2) is 23.1 Å². The van der Waals surface area contributed by atoms with Crippen molar-refractivity contribution in [2.45, 2.75) is 30.5 Å². The molecule has 0 unspecified atom stereocenters. The fourth-order valence-corrected chi connectivity index (χ4v) is 2.87. The van der Waals surface area contributed by atoms with Crippen LogP contribution in [0.5, 0.6) is 0 Å². The molecule has 0 fully saturated rings. The fraction of sp³-hybridized carbons (Fsp3) is 0.455. The van der Waals surface area contributed by atoms with Crippen LogP contribution in [0, 0.1) is 12.7 Å². The van der Waals surface area contributed by atoms with Gasteiger partial charge in [-0.2, -0.15) is 0 Å². The first-order chi connectivity index (χ1) is 7.22. The molecule has 0 aliphatic carbocycles. The van der Waals surface area contributed by atoms with E-state index in [1.165, 1.54) is 12.1 Å². The van der Waals surface area contributed by atoms with E-state index in [2.05, 4.69) is 5.32 Å². The third-order valence-corrected chi connectivity index (χ3v) is 5.29. The summed E-state index contributed by atoms with van der Waals surface area (Å²) in [5, 5.41) is 2.74. The van der Waals surface area contributed by atoms with Crippen LogP contribution in [0.1, 0.15) is 19.4 Å². The van der Waals surface area contributed by atoms with E-state index in [-0.39, 0.29) is 4.90 Å². The molecule has 0 radical (unpaired) electrons. The van der Waals surface area contributed by atoms with Gasteiger partial charge in [-0.1, -0.05) is 0 Å². The maximum absolute atomic E-state index is 12.9. The number of nitrogens with one attached hydrogen (secondary N) is 1. The molecule has 90 valence electrons. The third kappa shape index (κ3) is 2.10. The van der Waals surface area contributed by atoms with Gasteiger partial charge in [0.25, 0.3) is 0 Å². The van der Waals surface area contributed by atoms with Gasteiger partial charge in [-0.05, 0) is 51.6 Å². The molecule has 0 saturated heterocycles. The number of halogens is 1.